The lowest BCUT2D eigenvalue weighted by Crippen LogP contribution is -2.23. The number of benzene rings is 2. The van der Waals surface area contributed by atoms with Crippen molar-refractivity contribution in [2.75, 3.05) is 16.8 Å². The summed E-state index contributed by atoms with van der Waals surface area (Å²) in [5, 5.41) is 5.15. The Morgan fingerprint density at radius 1 is 1.00 bits per heavy atom. The minimum Gasteiger partial charge on any atom is -0.322 e. The first-order valence-corrected chi connectivity index (χ1v) is 8.75. The summed E-state index contributed by atoms with van der Waals surface area (Å²) in [7, 11) is 0. The van der Waals surface area contributed by atoms with Gasteiger partial charge in [-0.05, 0) is 48.9 Å². The number of H-pyrrole nitrogens is 2. The first-order chi connectivity index (χ1) is 13.5. The fourth-order valence-electron chi connectivity index (χ4n) is 3.15. The molecule has 1 aliphatic heterocycles. The molecule has 3 N–H and O–H groups in total. The van der Waals surface area contributed by atoms with Gasteiger partial charge in [0.2, 0.25) is 5.91 Å². The van der Waals surface area contributed by atoms with E-state index in [1.165, 1.54) is 0 Å². The molecule has 142 valence electrons. The standard InChI is InChI=1S/C19H17N5O4/c25-16-5-2-10-23(16)15-4-1-3-13(11-15)20-17(26)12-6-8-14(9-7-12)24-19(28)21-18(27)22-24/h1,3-4,6-9,11H,2,5,10H2,(H,20,26)(H2,21,22,27,28). The number of rotatable bonds is 4. The molecule has 1 fully saturated rings. The molecule has 0 spiro atoms. The van der Waals surface area contributed by atoms with Crippen LogP contribution in [0.4, 0.5) is 11.4 Å². The Morgan fingerprint density at radius 2 is 1.79 bits per heavy atom. The van der Waals surface area contributed by atoms with Gasteiger partial charge in [0.25, 0.3) is 5.91 Å². The highest BCUT2D eigenvalue weighted by molar-refractivity contribution is 6.05. The monoisotopic (exact) mass is 379 g/mol. The summed E-state index contributed by atoms with van der Waals surface area (Å²) in [5.74, 6) is -0.247. The van der Waals surface area contributed by atoms with Crippen LogP contribution in [0.25, 0.3) is 5.69 Å². The third-order valence-electron chi connectivity index (χ3n) is 4.51. The van der Waals surface area contributed by atoms with Gasteiger partial charge in [0.15, 0.2) is 0 Å². The Bertz CT molecular complexity index is 1160. The zero-order valence-corrected chi connectivity index (χ0v) is 14.8. The van der Waals surface area contributed by atoms with Gasteiger partial charge in [-0.3, -0.25) is 14.6 Å². The summed E-state index contributed by atoms with van der Waals surface area (Å²) in [6.45, 7) is 0.679. The van der Waals surface area contributed by atoms with Crippen LogP contribution in [0.2, 0.25) is 0 Å². The minimum atomic E-state index is -0.608. The van der Waals surface area contributed by atoms with Gasteiger partial charge in [-0.1, -0.05) is 6.07 Å². The average molecular weight is 379 g/mol. The van der Waals surface area contributed by atoms with Crippen molar-refractivity contribution >= 4 is 23.2 Å². The highest BCUT2D eigenvalue weighted by Gasteiger charge is 2.21. The van der Waals surface area contributed by atoms with Gasteiger partial charge in [-0.15, -0.1) is 0 Å². The molecule has 1 saturated heterocycles. The number of amides is 2. The van der Waals surface area contributed by atoms with Gasteiger partial charge < -0.3 is 10.2 Å². The molecule has 0 aliphatic carbocycles. The van der Waals surface area contributed by atoms with Gasteiger partial charge in [0.1, 0.15) is 0 Å². The average Bonchev–Trinajstić information content (AvgIpc) is 3.26. The molecule has 28 heavy (non-hydrogen) atoms. The van der Waals surface area contributed by atoms with E-state index >= 15 is 0 Å². The van der Waals surface area contributed by atoms with Gasteiger partial charge in [0, 0.05) is 29.9 Å². The number of hydrogen-bond donors (Lipinski definition) is 3. The van der Waals surface area contributed by atoms with Crippen molar-refractivity contribution in [1.82, 2.24) is 14.8 Å². The molecule has 0 atom stereocenters. The summed E-state index contributed by atoms with van der Waals surface area (Å²) in [6.07, 6.45) is 1.37. The highest BCUT2D eigenvalue weighted by atomic mass is 16.2. The number of nitrogens with one attached hydrogen (secondary N) is 3. The molecule has 2 aromatic carbocycles. The lowest BCUT2D eigenvalue weighted by atomic mass is 10.2. The van der Waals surface area contributed by atoms with Crippen LogP contribution in [0, 0.1) is 0 Å². The van der Waals surface area contributed by atoms with Crippen LogP contribution < -0.4 is 21.6 Å². The molecule has 3 aromatic rings. The van der Waals surface area contributed by atoms with Gasteiger partial charge in [-0.2, -0.15) is 0 Å². The number of carbonyl (C=O) groups excluding carboxylic acids is 2. The fourth-order valence-corrected chi connectivity index (χ4v) is 3.15. The van der Waals surface area contributed by atoms with E-state index in [0.717, 1.165) is 16.8 Å². The van der Waals surface area contributed by atoms with Crippen LogP contribution in [0.3, 0.4) is 0 Å². The van der Waals surface area contributed by atoms with E-state index < -0.39 is 11.4 Å². The molecule has 0 bridgehead atoms. The summed E-state index contributed by atoms with van der Waals surface area (Å²) < 4.78 is 1.06. The smallest absolute Gasteiger partial charge is 0.322 e. The molecular weight excluding hydrogens is 362 g/mol. The van der Waals surface area contributed by atoms with E-state index in [1.807, 2.05) is 6.07 Å². The summed E-state index contributed by atoms with van der Waals surface area (Å²) in [4.78, 5) is 51.0. The van der Waals surface area contributed by atoms with Gasteiger partial charge in [-0.25, -0.2) is 19.4 Å². The summed E-state index contributed by atoms with van der Waals surface area (Å²) in [6, 6.07) is 13.3. The summed E-state index contributed by atoms with van der Waals surface area (Å²) in [5.41, 5.74) is 0.953. The quantitative estimate of drug-likeness (QED) is 0.631. The van der Waals surface area contributed by atoms with E-state index in [4.69, 9.17) is 0 Å². The Labute approximate surface area is 158 Å². The van der Waals surface area contributed by atoms with E-state index in [2.05, 4.69) is 15.4 Å². The predicted molar refractivity (Wildman–Crippen MR) is 103 cm³/mol. The molecule has 9 heteroatoms. The van der Waals surface area contributed by atoms with Crippen LogP contribution in [0.5, 0.6) is 0 Å². The molecule has 0 unspecified atom stereocenters. The summed E-state index contributed by atoms with van der Waals surface area (Å²) >= 11 is 0. The number of hydrogen-bond acceptors (Lipinski definition) is 4. The van der Waals surface area contributed by atoms with Crippen molar-refractivity contribution in [1.29, 1.82) is 0 Å². The van der Waals surface area contributed by atoms with E-state index in [-0.39, 0.29) is 11.8 Å². The van der Waals surface area contributed by atoms with E-state index in [9.17, 15) is 19.2 Å². The molecular formula is C19H17N5O4. The Balaban J connectivity index is 1.51. The third-order valence-corrected chi connectivity index (χ3v) is 4.51. The molecule has 0 saturated carbocycles. The predicted octanol–water partition coefficient (Wildman–Crippen LogP) is 1.23. The largest absolute Gasteiger partial charge is 0.349 e. The van der Waals surface area contributed by atoms with Crippen LogP contribution in [0.1, 0.15) is 23.2 Å². The van der Waals surface area contributed by atoms with Gasteiger partial charge >= 0.3 is 11.4 Å². The fraction of sp³-hybridized carbons (Fsp3) is 0.158. The van der Waals surface area contributed by atoms with Crippen LogP contribution >= 0.6 is 0 Å². The first kappa shape index (κ1) is 17.5. The van der Waals surface area contributed by atoms with Crippen molar-refractivity contribution in [2.45, 2.75) is 12.8 Å². The minimum absolute atomic E-state index is 0.0807. The van der Waals surface area contributed by atoms with Crippen molar-refractivity contribution in [3.8, 4) is 5.69 Å². The molecule has 2 heterocycles. The van der Waals surface area contributed by atoms with Crippen LogP contribution in [0.15, 0.2) is 58.1 Å². The van der Waals surface area contributed by atoms with Crippen molar-refractivity contribution in [3.63, 3.8) is 0 Å². The van der Waals surface area contributed by atoms with E-state index in [1.54, 1.807) is 47.4 Å². The lowest BCUT2D eigenvalue weighted by molar-refractivity contribution is -0.117. The second-order valence-electron chi connectivity index (χ2n) is 6.41. The van der Waals surface area contributed by atoms with Crippen molar-refractivity contribution in [3.05, 3.63) is 75.1 Å². The van der Waals surface area contributed by atoms with Crippen LogP contribution in [-0.2, 0) is 4.79 Å². The number of carbonyl (C=O) groups is 2. The van der Waals surface area contributed by atoms with Crippen molar-refractivity contribution < 1.29 is 9.59 Å². The van der Waals surface area contributed by atoms with Crippen molar-refractivity contribution in [2.24, 2.45) is 0 Å². The van der Waals surface area contributed by atoms with Gasteiger partial charge in [0.05, 0.1) is 5.69 Å². The molecule has 9 nitrogen and oxygen atoms in total. The molecule has 4 rings (SSSR count). The first-order valence-electron chi connectivity index (χ1n) is 8.75. The maximum absolute atomic E-state index is 12.5. The SMILES string of the molecule is O=C(Nc1cccc(N2CCCC2=O)c1)c1ccc(-n2[nH]c(=O)[nH]c2=O)cc1. The normalized spacial score (nSPS) is 13.7. The van der Waals surface area contributed by atoms with Crippen LogP contribution in [-0.4, -0.2) is 33.1 Å². The maximum Gasteiger partial charge on any atom is 0.349 e. The zero-order chi connectivity index (χ0) is 19.7. The lowest BCUT2D eigenvalue weighted by Gasteiger charge is -2.16. The second kappa shape index (κ2) is 7.03. The number of nitrogens with zero attached hydrogens (tertiary/aromatic N) is 2. The Morgan fingerprint density at radius 3 is 2.43 bits per heavy atom. The Hall–Kier alpha value is -3.88. The third kappa shape index (κ3) is 3.37. The highest BCUT2D eigenvalue weighted by Crippen LogP contribution is 2.24. The molecule has 0 radical (unpaired) electrons. The van der Waals surface area contributed by atoms with E-state index in [0.29, 0.717) is 29.9 Å². The molecule has 2 amide bonds. The second-order valence-corrected chi connectivity index (χ2v) is 6.41. The maximum atomic E-state index is 12.5. The molecule has 1 aliphatic rings. The zero-order valence-electron chi connectivity index (χ0n) is 14.8. The Kier molecular flexibility index (Phi) is 4.40. The topological polar surface area (TPSA) is 120 Å². The number of aromatic amines is 2. The molecule has 1 aromatic heterocycles. The number of aromatic nitrogens is 3. The number of anilines is 2.